The molecule has 11 rings (SSSR count). The highest BCUT2D eigenvalue weighted by molar-refractivity contribution is 6.30. The molecule has 0 radical (unpaired) electrons. The van der Waals surface area contributed by atoms with E-state index in [1.807, 2.05) is 24.3 Å². The molecule has 2 amide bonds. The lowest BCUT2D eigenvalue weighted by molar-refractivity contribution is -0.117. The molecule has 268 valence electrons. The summed E-state index contributed by atoms with van der Waals surface area (Å²) in [5.74, 6) is 4.70. The van der Waals surface area contributed by atoms with E-state index < -0.39 is 11.2 Å². The molecule has 1 aromatic heterocycles. The van der Waals surface area contributed by atoms with Gasteiger partial charge in [-0.3, -0.25) is 23.5 Å². The molecule has 0 atom stereocenters. The second-order valence-electron chi connectivity index (χ2n) is 17.6. The monoisotopic (exact) mass is 708 g/mol. The van der Waals surface area contributed by atoms with E-state index in [-0.39, 0.29) is 42.8 Å². The molecule has 8 fully saturated rings. The fraction of sp³-hybridized carbons (Fsp3) is 0.571. The van der Waals surface area contributed by atoms with Crippen LogP contribution in [0.15, 0.2) is 64.3 Å². The summed E-state index contributed by atoms with van der Waals surface area (Å²) >= 11 is 6.24. The minimum absolute atomic E-state index is 0.0326. The first-order chi connectivity index (χ1) is 24.6. The number of nitrogens with one attached hydrogen (secondary N) is 2. The summed E-state index contributed by atoms with van der Waals surface area (Å²) in [7, 11) is 0. The molecule has 9 heteroatoms. The second-order valence-corrected chi connectivity index (χ2v) is 18.0. The van der Waals surface area contributed by atoms with Crippen molar-refractivity contribution < 1.29 is 9.59 Å². The number of aryl methyl sites for hydroxylation is 1. The standard InChI is InChI=1S/C42H49ClN4O4/c43-36-25-46(11-9-37(48)44-34-5-1-32(2-6-34)41-19-26-13-27(20-41)15-28(14-26)21-41)40(51)47(39(36)50)12-10-38(49)45-35-7-3-33(4-8-35)42-22-29-16-30(23-42)18-31(17-29)24-42/h1-8,25-31H,9-24H2,(H,44,48)(H,45,49). The molecule has 8 bridgehead atoms. The van der Waals surface area contributed by atoms with Gasteiger partial charge in [0.05, 0.1) is 0 Å². The number of carbonyl (C=O) groups excluding carboxylic acids is 2. The number of rotatable bonds is 10. The molecule has 0 saturated heterocycles. The van der Waals surface area contributed by atoms with Gasteiger partial charge in [-0.05, 0) is 159 Å². The fourth-order valence-electron chi connectivity index (χ4n) is 12.6. The van der Waals surface area contributed by atoms with Crippen LogP contribution in [0.1, 0.15) is 101 Å². The number of amides is 2. The Hall–Kier alpha value is -3.65. The quantitative estimate of drug-likeness (QED) is 0.226. The van der Waals surface area contributed by atoms with Gasteiger partial charge in [0.25, 0.3) is 5.56 Å². The number of anilines is 2. The van der Waals surface area contributed by atoms with Gasteiger partial charge in [0.15, 0.2) is 0 Å². The lowest BCUT2D eigenvalue weighted by Gasteiger charge is -2.57. The van der Waals surface area contributed by atoms with Crippen molar-refractivity contribution in [1.29, 1.82) is 0 Å². The summed E-state index contributed by atoms with van der Waals surface area (Å²) in [6, 6.07) is 16.7. The molecule has 0 aliphatic heterocycles. The van der Waals surface area contributed by atoms with E-state index in [0.717, 1.165) is 45.8 Å². The van der Waals surface area contributed by atoms with Crippen LogP contribution in [0.2, 0.25) is 5.02 Å². The van der Waals surface area contributed by atoms with E-state index in [1.54, 1.807) is 0 Å². The molecule has 0 unspecified atom stereocenters. The van der Waals surface area contributed by atoms with Gasteiger partial charge in [0.2, 0.25) is 11.8 Å². The summed E-state index contributed by atoms with van der Waals surface area (Å²) in [6.45, 7) is -0.0595. The second kappa shape index (κ2) is 12.8. The Morgan fingerprint density at radius 3 is 1.37 bits per heavy atom. The van der Waals surface area contributed by atoms with E-state index in [9.17, 15) is 19.2 Å². The maximum atomic E-state index is 13.3. The number of hydrogen-bond donors (Lipinski definition) is 2. The highest BCUT2D eigenvalue weighted by atomic mass is 35.5. The van der Waals surface area contributed by atoms with Crippen LogP contribution in [0.3, 0.4) is 0 Å². The Bertz CT molecular complexity index is 1890. The van der Waals surface area contributed by atoms with Crippen LogP contribution in [-0.4, -0.2) is 20.9 Å². The predicted molar refractivity (Wildman–Crippen MR) is 199 cm³/mol. The van der Waals surface area contributed by atoms with Crippen LogP contribution >= 0.6 is 11.6 Å². The molecule has 8 saturated carbocycles. The molecule has 51 heavy (non-hydrogen) atoms. The molecule has 8 nitrogen and oxygen atoms in total. The average Bonchev–Trinajstić information content (AvgIpc) is 3.09. The maximum Gasteiger partial charge on any atom is 0.331 e. The smallest absolute Gasteiger partial charge is 0.326 e. The first-order valence-corrected chi connectivity index (χ1v) is 19.8. The molecule has 3 aromatic rings. The van der Waals surface area contributed by atoms with Crippen molar-refractivity contribution in [3.63, 3.8) is 0 Å². The Kier molecular flexibility index (Phi) is 8.32. The lowest BCUT2D eigenvalue weighted by atomic mass is 9.48. The lowest BCUT2D eigenvalue weighted by Crippen LogP contribution is -2.48. The van der Waals surface area contributed by atoms with Gasteiger partial charge in [-0.25, -0.2) is 4.79 Å². The fourth-order valence-corrected chi connectivity index (χ4v) is 12.8. The zero-order valence-electron chi connectivity index (χ0n) is 29.4. The molecule has 2 aromatic carbocycles. The SMILES string of the molecule is O=C(CCn1cc(Cl)c(=O)n(CCC(=O)Nc2ccc(C34CC5CC(CC(C5)C3)C4)cc2)c1=O)Nc1ccc(C23CC4CC(CC(C4)C2)C3)cc1. The molecular formula is C42H49ClN4O4. The molecule has 1 heterocycles. The molecule has 0 spiro atoms. The minimum Gasteiger partial charge on any atom is -0.326 e. The van der Waals surface area contributed by atoms with Gasteiger partial charge >= 0.3 is 5.69 Å². The highest BCUT2D eigenvalue weighted by Gasteiger charge is 2.52. The topological polar surface area (TPSA) is 102 Å². The summed E-state index contributed by atoms with van der Waals surface area (Å²) in [4.78, 5) is 52.0. The van der Waals surface area contributed by atoms with Crippen molar-refractivity contribution in [3.05, 3.63) is 91.7 Å². The van der Waals surface area contributed by atoms with Crippen molar-refractivity contribution >= 4 is 34.8 Å². The summed E-state index contributed by atoms with van der Waals surface area (Å²) in [5.41, 5.74) is 3.60. The third-order valence-electron chi connectivity index (χ3n) is 14.0. The van der Waals surface area contributed by atoms with Crippen LogP contribution in [0.25, 0.3) is 0 Å². The Morgan fingerprint density at radius 2 is 0.980 bits per heavy atom. The van der Waals surface area contributed by atoms with Crippen molar-refractivity contribution in [2.45, 2.75) is 114 Å². The Morgan fingerprint density at radius 1 is 0.608 bits per heavy atom. The van der Waals surface area contributed by atoms with Crippen molar-refractivity contribution in [3.8, 4) is 0 Å². The predicted octanol–water partition coefficient (Wildman–Crippen LogP) is 7.66. The average molecular weight is 709 g/mol. The Balaban J connectivity index is 0.790. The maximum absolute atomic E-state index is 13.3. The van der Waals surface area contributed by atoms with Gasteiger partial charge in [-0.2, -0.15) is 0 Å². The third kappa shape index (κ3) is 6.29. The molecular weight excluding hydrogens is 660 g/mol. The van der Waals surface area contributed by atoms with Gasteiger partial charge in [0, 0.05) is 43.5 Å². The van der Waals surface area contributed by atoms with E-state index >= 15 is 0 Å². The first kappa shape index (κ1) is 33.2. The summed E-state index contributed by atoms with van der Waals surface area (Å²) in [6.07, 6.45) is 17.4. The zero-order chi connectivity index (χ0) is 34.9. The number of benzene rings is 2. The van der Waals surface area contributed by atoms with Gasteiger partial charge < -0.3 is 10.6 Å². The van der Waals surface area contributed by atoms with Gasteiger partial charge in [0.1, 0.15) is 5.02 Å². The van der Waals surface area contributed by atoms with Crippen molar-refractivity contribution in [2.24, 2.45) is 35.5 Å². The van der Waals surface area contributed by atoms with E-state index in [0.29, 0.717) is 16.5 Å². The van der Waals surface area contributed by atoms with Gasteiger partial charge in [-0.15, -0.1) is 0 Å². The molecule has 8 aliphatic carbocycles. The number of carbonyl (C=O) groups is 2. The number of halogens is 1. The summed E-state index contributed by atoms with van der Waals surface area (Å²) in [5, 5.41) is 5.77. The van der Waals surface area contributed by atoms with E-state index in [1.165, 1.54) is 98.9 Å². The van der Waals surface area contributed by atoms with E-state index in [2.05, 4.69) is 34.9 Å². The van der Waals surface area contributed by atoms with Crippen LogP contribution in [0.4, 0.5) is 11.4 Å². The number of nitrogens with zero attached hydrogens (tertiary/aromatic N) is 2. The largest absolute Gasteiger partial charge is 0.331 e. The molecule has 8 aliphatic rings. The van der Waals surface area contributed by atoms with Crippen LogP contribution in [0.5, 0.6) is 0 Å². The zero-order valence-corrected chi connectivity index (χ0v) is 30.1. The van der Waals surface area contributed by atoms with Crippen LogP contribution in [-0.2, 0) is 33.5 Å². The first-order valence-electron chi connectivity index (χ1n) is 19.4. The number of hydrogen-bond acceptors (Lipinski definition) is 4. The van der Waals surface area contributed by atoms with Crippen molar-refractivity contribution in [1.82, 2.24) is 9.13 Å². The molecule has 2 N–H and O–H groups in total. The van der Waals surface area contributed by atoms with Crippen LogP contribution in [0, 0.1) is 35.5 Å². The Labute approximate surface area is 304 Å². The highest BCUT2D eigenvalue weighted by Crippen LogP contribution is 2.62. The van der Waals surface area contributed by atoms with Gasteiger partial charge in [-0.1, -0.05) is 35.9 Å². The summed E-state index contributed by atoms with van der Waals surface area (Å²) < 4.78 is 2.26. The van der Waals surface area contributed by atoms with Crippen molar-refractivity contribution in [2.75, 3.05) is 10.6 Å². The minimum atomic E-state index is -0.644. The normalized spacial score (nSPS) is 32.6. The third-order valence-corrected chi connectivity index (χ3v) is 14.2. The van der Waals surface area contributed by atoms with E-state index in [4.69, 9.17) is 11.6 Å². The number of aromatic nitrogens is 2. The van der Waals surface area contributed by atoms with Crippen LogP contribution < -0.4 is 21.9 Å².